The van der Waals surface area contributed by atoms with E-state index < -0.39 is 15.9 Å². The fraction of sp³-hybridized carbons (Fsp3) is 0.312. The van der Waals surface area contributed by atoms with E-state index in [-0.39, 0.29) is 24.3 Å². The van der Waals surface area contributed by atoms with Gasteiger partial charge < -0.3 is 10.1 Å². The molecule has 0 aliphatic heterocycles. The maximum atomic E-state index is 12.2. The summed E-state index contributed by atoms with van der Waals surface area (Å²) < 4.78 is 31.0. The molecule has 9 nitrogen and oxygen atoms in total. The van der Waals surface area contributed by atoms with Crippen LogP contribution in [0.25, 0.3) is 0 Å². The second kappa shape index (κ2) is 8.59. The molecule has 1 aromatic heterocycles. The van der Waals surface area contributed by atoms with Crippen LogP contribution < -0.4 is 15.6 Å². The largest absolute Gasteiger partial charge is 0.383 e. The average Bonchev–Trinajstić information content (AvgIpc) is 2.58. The van der Waals surface area contributed by atoms with Gasteiger partial charge in [0.25, 0.3) is 11.5 Å². The molecule has 1 amide bonds. The van der Waals surface area contributed by atoms with Gasteiger partial charge in [-0.05, 0) is 23.8 Å². The van der Waals surface area contributed by atoms with Crippen molar-refractivity contribution in [2.45, 2.75) is 13.1 Å². The lowest BCUT2D eigenvalue weighted by atomic mass is 10.2. The zero-order valence-electron chi connectivity index (χ0n) is 14.4. The highest BCUT2D eigenvalue weighted by atomic mass is 32.2. The van der Waals surface area contributed by atoms with Crippen LogP contribution in [0.2, 0.25) is 0 Å². The van der Waals surface area contributed by atoms with Gasteiger partial charge in [-0.1, -0.05) is 12.1 Å². The molecule has 2 aromatic rings. The quantitative estimate of drug-likeness (QED) is 0.675. The van der Waals surface area contributed by atoms with Crippen LogP contribution in [0.15, 0.2) is 41.2 Å². The molecule has 140 valence electrons. The highest BCUT2D eigenvalue weighted by molar-refractivity contribution is 7.92. The number of methoxy groups -OCH3 is 1. The van der Waals surface area contributed by atoms with Gasteiger partial charge in [-0.3, -0.25) is 14.3 Å². The van der Waals surface area contributed by atoms with Crippen molar-refractivity contribution in [3.8, 4) is 0 Å². The number of ether oxygens (including phenoxy) is 1. The van der Waals surface area contributed by atoms with Crippen LogP contribution in [0.5, 0.6) is 0 Å². The lowest BCUT2D eigenvalue weighted by Crippen LogP contribution is -2.30. The Hall–Kier alpha value is -2.72. The van der Waals surface area contributed by atoms with Gasteiger partial charge in [0.05, 0.1) is 19.4 Å². The Labute approximate surface area is 151 Å². The fourth-order valence-corrected chi connectivity index (χ4v) is 2.69. The fourth-order valence-electron chi connectivity index (χ4n) is 2.14. The lowest BCUT2D eigenvalue weighted by molar-refractivity contribution is 0.0942. The summed E-state index contributed by atoms with van der Waals surface area (Å²) in [7, 11) is -1.87. The summed E-state index contributed by atoms with van der Waals surface area (Å²) in [6, 6.07) is 9.28. The second-order valence-electron chi connectivity index (χ2n) is 5.53. The van der Waals surface area contributed by atoms with Crippen molar-refractivity contribution < 1.29 is 17.9 Å². The number of rotatable bonds is 8. The van der Waals surface area contributed by atoms with Crippen LogP contribution in [0.1, 0.15) is 16.1 Å². The van der Waals surface area contributed by atoms with Crippen molar-refractivity contribution in [1.29, 1.82) is 0 Å². The Morgan fingerprint density at radius 3 is 2.73 bits per heavy atom. The molecule has 0 saturated heterocycles. The maximum Gasteiger partial charge on any atom is 0.271 e. The first kappa shape index (κ1) is 19.6. The molecule has 0 aliphatic rings. The van der Waals surface area contributed by atoms with Crippen LogP contribution in [0.3, 0.4) is 0 Å². The molecule has 0 aliphatic carbocycles. The predicted molar refractivity (Wildman–Crippen MR) is 96.5 cm³/mol. The Kier molecular flexibility index (Phi) is 6.47. The van der Waals surface area contributed by atoms with Crippen LogP contribution >= 0.6 is 0 Å². The number of carbonyl (C=O) groups excluding carboxylic acids is 1. The van der Waals surface area contributed by atoms with E-state index in [1.165, 1.54) is 19.2 Å². The van der Waals surface area contributed by atoms with E-state index >= 15 is 0 Å². The van der Waals surface area contributed by atoms with Crippen LogP contribution in [0.4, 0.5) is 5.69 Å². The summed E-state index contributed by atoms with van der Waals surface area (Å²) in [5, 5.41) is 6.69. The Bertz CT molecular complexity index is 940. The van der Waals surface area contributed by atoms with E-state index in [0.29, 0.717) is 17.9 Å². The number of nitrogens with one attached hydrogen (secondary N) is 2. The van der Waals surface area contributed by atoms with E-state index in [0.717, 1.165) is 10.9 Å². The van der Waals surface area contributed by atoms with Gasteiger partial charge in [0.2, 0.25) is 10.0 Å². The number of carbonyl (C=O) groups is 1. The number of benzene rings is 1. The maximum absolute atomic E-state index is 12.2. The lowest BCUT2D eigenvalue weighted by Gasteiger charge is -2.09. The minimum Gasteiger partial charge on any atom is -0.383 e. The number of nitrogens with zero attached hydrogens (tertiary/aromatic N) is 2. The van der Waals surface area contributed by atoms with E-state index in [9.17, 15) is 18.0 Å². The Morgan fingerprint density at radius 2 is 2.04 bits per heavy atom. The number of aromatic nitrogens is 2. The van der Waals surface area contributed by atoms with Crippen LogP contribution in [0, 0.1) is 0 Å². The van der Waals surface area contributed by atoms with Gasteiger partial charge in [-0.25, -0.2) is 13.1 Å². The van der Waals surface area contributed by atoms with Crippen molar-refractivity contribution in [3.05, 3.63) is 58.0 Å². The molecule has 2 rings (SSSR count). The van der Waals surface area contributed by atoms with E-state index in [1.54, 1.807) is 24.3 Å². The van der Waals surface area contributed by atoms with Gasteiger partial charge in [-0.15, -0.1) is 0 Å². The van der Waals surface area contributed by atoms with Gasteiger partial charge in [0, 0.05) is 25.4 Å². The Balaban J connectivity index is 2.05. The summed E-state index contributed by atoms with van der Waals surface area (Å²) in [5.41, 5.74) is 0.898. The van der Waals surface area contributed by atoms with Crippen molar-refractivity contribution in [2.24, 2.45) is 0 Å². The van der Waals surface area contributed by atoms with E-state index in [1.807, 2.05) is 0 Å². The van der Waals surface area contributed by atoms with E-state index in [2.05, 4.69) is 15.1 Å². The number of anilines is 1. The molecule has 0 fully saturated rings. The third-order valence-electron chi connectivity index (χ3n) is 3.29. The van der Waals surface area contributed by atoms with Crippen molar-refractivity contribution in [3.63, 3.8) is 0 Å². The molecule has 0 spiro atoms. The standard InChI is InChI=1S/C16H20N4O5S/c1-25-9-8-20-15(21)7-6-14(18-20)16(22)17-11-12-4-3-5-13(10-12)19-26(2,23)24/h3-7,10,19H,8-9,11H2,1-2H3,(H,17,22). The molecule has 10 heteroatoms. The SMILES string of the molecule is COCCn1nc(C(=O)NCc2cccc(NS(C)(=O)=O)c2)ccc1=O. The zero-order valence-corrected chi connectivity index (χ0v) is 15.2. The summed E-state index contributed by atoms with van der Waals surface area (Å²) in [4.78, 5) is 23.9. The molecule has 0 radical (unpaired) electrons. The molecular weight excluding hydrogens is 360 g/mol. The molecule has 26 heavy (non-hydrogen) atoms. The average molecular weight is 380 g/mol. The molecule has 1 heterocycles. The molecule has 0 bridgehead atoms. The third kappa shape index (κ3) is 5.97. The topological polar surface area (TPSA) is 119 Å². The summed E-state index contributed by atoms with van der Waals surface area (Å²) >= 11 is 0. The summed E-state index contributed by atoms with van der Waals surface area (Å²) in [5.74, 6) is -0.447. The van der Waals surface area contributed by atoms with Crippen LogP contribution in [-0.4, -0.2) is 44.1 Å². The third-order valence-corrected chi connectivity index (χ3v) is 3.90. The monoisotopic (exact) mass is 380 g/mol. The van der Waals surface area contributed by atoms with Gasteiger partial charge in [0.1, 0.15) is 5.69 Å². The molecular formula is C16H20N4O5S. The number of hydrogen-bond donors (Lipinski definition) is 2. The Morgan fingerprint density at radius 1 is 1.27 bits per heavy atom. The second-order valence-corrected chi connectivity index (χ2v) is 7.28. The smallest absolute Gasteiger partial charge is 0.271 e. The highest BCUT2D eigenvalue weighted by Crippen LogP contribution is 2.11. The number of hydrogen-bond acceptors (Lipinski definition) is 6. The molecule has 0 unspecified atom stereocenters. The number of amides is 1. The van der Waals surface area contributed by atoms with Gasteiger partial charge in [-0.2, -0.15) is 5.10 Å². The highest BCUT2D eigenvalue weighted by Gasteiger charge is 2.10. The summed E-state index contributed by atoms with van der Waals surface area (Å²) in [6.07, 6.45) is 1.06. The molecule has 2 N–H and O–H groups in total. The number of sulfonamides is 1. The molecule has 0 saturated carbocycles. The predicted octanol–water partition coefficient (Wildman–Crippen LogP) is 0.191. The normalized spacial score (nSPS) is 11.2. The zero-order chi connectivity index (χ0) is 19.2. The first-order chi connectivity index (χ1) is 12.3. The van der Waals surface area contributed by atoms with Crippen LogP contribution in [-0.2, 0) is 27.8 Å². The summed E-state index contributed by atoms with van der Waals surface area (Å²) in [6.45, 7) is 0.727. The van der Waals surface area contributed by atoms with Crippen molar-refractivity contribution in [1.82, 2.24) is 15.1 Å². The van der Waals surface area contributed by atoms with Crippen molar-refractivity contribution in [2.75, 3.05) is 24.7 Å². The van der Waals surface area contributed by atoms with Crippen molar-refractivity contribution >= 4 is 21.6 Å². The molecule has 0 atom stereocenters. The van der Waals surface area contributed by atoms with E-state index in [4.69, 9.17) is 4.74 Å². The minimum absolute atomic E-state index is 0.103. The molecule has 1 aromatic carbocycles. The van der Waals surface area contributed by atoms with Gasteiger partial charge >= 0.3 is 0 Å². The van der Waals surface area contributed by atoms with Gasteiger partial charge in [0.15, 0.2) is 0 Å². The minimum atomic E-state index is -3.37. The first-order valence-corrected chi connectivity index (χ1v) is 9.59. The first-order valence-electron chi connectivity index (χ1n) is 7.70.